The third-order valence-electron chi connectivity index (χ3n) is 2.42. The second-order valence-electron chi connectivity index (χ2n) is 4.00. The number of allylic oxidation sites excluding steroid dienone is 1. The number of esters is 1. The average Bonchev–Trinajstić information content (AvgIpc) is 2.37. The second-order valence-corrected chi connectivity index (χ2v) is 4.00. The molecule has 1 aromatic carbocycles. The number of carbonyl (C=O) groups is 2. The van der Waals surface area contributed by atoms with Crippen molar-refractivity contribution < 1.29 is 14.3 Å². The van der Waals surface area contributed by atoms with Crippen LogP contribution in [0.1, 0.15) is 25.8 Å². The predicted molar refractivity (Wildman–Crippen MR) is 70.2 cm³/mol. The number of ketones is 1. The van der Waals surface area contributed by atoms with E-state index in [9.17, 15) is 9.59 Å². The number of carbonyl (C=O) groups excluding carboxylic acids is 2. The zero-order valence-electron chi connectivity index (χ0n) is 10.8. The van der Waals surface area contributed by atoms with E-state index in [2.05, 4.69) is 0 Å². The van der Waals surface area contributed by atoms with Crippen molar-refractivity contribution in [2.75, 3.05) is 6.61 Å². The minimum absolute atomic E-state index is 0.132. The Hall–Kier alpha value is -1.90. The molecule has 3 nitrogen and oxygen atoms in total. The van der Waals surface area contributed by atoms with Gasteiger partial charge in [0.15, 0.2) is 5.78 Å². The molecule has 18 heavy (non-hydrogen) atoms. The summed E-state index contributed by atoms with van der Waals surface area (Å²) < 4.78 is 4.97. The summed E-state index contributed by atoms with van der Waals surface area (Å²) in [6.45, 7) is 3.63. The van der Waals surface area contributed by atoms with Crippen LogP contribution in [0.2, 0.25) is 0 Å². The van der Waals surface area contributed by atoms with Crippen LogP contribution in [0, 0.1) is 0 Å². The van der Waals surface area contributed by atoms with Gasteiger partial charge in [-0.05, 0) is 25.3 Å². The van der Waals surface area contributed by atoms with Gasteiger partial charge in [0, 0.05) is 0 Å². The van der Waals surface area contributed by atoms with Crippen LogP contribution in [-0.2, 0) is 20.7 Å². The van der Waals surface area contributed by atoms with E-state index in [4.69, 9.17) is 4.74 Å². The third kappa shape index (κ3) is 4.53. The first-order valence-corrected chi connectivity index (χ1v) is 6.07. The molecule has 0 aliphatic heterocycles. The van der Waals surface area contributed by atoms with Crippen LogP contribution in [0.4, 0.5) is 0 Å². The Morgan fingerprint density at radius 2 is 1.89 bits per heavy atom. The van der Waals surface area contributed by atoms with Crippen LogP contribution in [0.15, 0.2) is 42.0 Å². The van der Waals surface area contributed by atoms with Crippen molar-refractivity contribution in [2.45, 2.75) is 26.7 Å². The Morgan fingerprint density at radius 3 is 2.44 bits per heavy atom. The van der Waals surface area contributed by atoms with E-state index in [1.54, 1.807) is 6.08 Å². The molecule has 0 bridgehead atoms. The number of benzene rings is 1. The lowest BCUT2D eigenvalue weighted by atomic mass is 10.1. The van der Waals surface area contributed by atoms with Gasteiger partial charge < -0.3 is 4.74 Å². The summed E-state index contributed by atoms with van der Waals surface area (Å²) in [6.07, 6.45) is 2.93. The van der Waals surface area contributed by atoms with Crippen molar-refractivity contribution in [3.63, 3.8) is 0 Å². The van der Waals surface area contributed by atoms with Crippen molar-refractivity contribution in [1.29, 1.82) is 0 Å². The molecule has 0 saturated heterocycles. The van der Waals surface area contributed by atoms with Crippen LogP contribution >= 0.6 is 0 Å². The number of hydrogen-bond acceptors (Lipinski definition) is 3. The van der Waals surface area contributed by atoms with Crippen LogP contribution < -0.4 is 0 Å². The van der Waals surface area contributed by atoms with Gasteiger partial charge in [0.2, 0.25) is 0 Å². The molecule has 0 spiro atoms. The normalized spacial score (nSPS) is 11.1. The molecule has 1 rings (SSSR count). The van der Waals surface area contributed by atoms with Gasteiger partial charge in [0.1, 0.15) is 0 Å². The molecule has 0 heterocycles. The fourth-order valence-electron chi connectivity index (χ4n) is 1.48. The molecule has 0 amide bonds. The molecular weight excluding hydrogens is 228 g/mol. The first-order chi connectivity index (χ1) is 8.65. The lowest BCUT2D eigenvalue weighted by Crippen LogP contribution is -2.14. The highest BCUT2D eigenvalue weighted by Crippen LogP contribution is 2.06. The smallest absolute Gasteiger partial charge is 0.341 e. The van der Waals surface area contributed by atoms with Crippen molar-refractivity contribution in [2.24, 2.45) is 0 Å². The maximum atomic E-state index is 11.7. The zero-order chi connectivity index (χ0) is 13.4. The third-order valence-corrected chi connectivity index (χ3v) is 2.42. The number of Topliss-reactive ketones (excluding diaryl/α,β-unsaturated/α-hetero) is 1. The summed E-state index contributed by atoms with van der Waals surface area (Å²) in [4.78, 5) is 23.1. The van der Waals surface area contributed by atoms with Gasteiger partial charge in [-0.15, -0.1) is 0 Å². The van der Waals surface area contributed by atoms with Crippen LogP contribution in [0.3, 0.4) is 0 Å². The Balaban J connectivity index is 2.73. The summed E-state index contributed by atoms with van der Waals surface area (Å²) in [6, 6.07) is 9.67. The minimum atomic E-state index is -0.528. The van der Waals surface area contributed by atoms with E-state index < -0.39 is 5.97 Å². The predicted octanol–water partition coefficient (Wildman–Crippen LogP) is 2.70. The molecule has 0 aromatic heterocycles. The van der Waals surface area contributed by atoms with E-state index >= 15 is 0 Å². The van der Waals surface area contributed by atoms with Gasteiger partial charge >= 0.3 is 5.97 Å². The summed E-state index contributed by atoms with van der Waals surface area (Å²) in [5.74, 6) is -0.785. The van der Waals surface area contributed by atoms with Gasteiger partial charge in [0.05, 0.1) is 12.2 Å². The van der Waals surface area contributed by atoms with Gasteiger partial charge in [0.25, 0.3) is 0 Å². The van der Waals surface area contributed by atoms with E-state index in [1.807, 2.05) is 37.3 Å². The Bertz CT molecular complexity index is 432. The molecule has 0 unspecified atom stereocenters. The first-order valence-electron chi connectivity index (χ1n) is 6.07. The average molecular weight is 246 g/mol. The van der Waals surface area contributed by atoms with E-state index in [-0.39, 0.29) is 11.4 Å². The van der Waals surface area contributed by atoms with Gasteiger partial charge in [-0.3, -0.25) is 4.79 Å². The fraction of sp³-hybridized carbons (Fsp3) is 0.333. The molecule has 0 N–H and O–H groups in total. The monoisotopic (exact) mass is 246 g/mol. The Kier molecular flexibility index (Phi) is 5.85. The van der Waals surface area contributed by atoms with Crippen LogP contribution in [0.25, 0.3) is 0 Å². The maximum Gasteiger partial charge on any atom is 0.341 e. The van der Waals surface area contributed by atoms with E-state index in [0.717, 1.165) is 12.0 Å². The van der Waals surface area contributed by atoms with Crippen LogP contribution in [0.5, 0.6) is 0 Å². The molecule has 0 fully saturated rings. The van der Waals surface area contributed by atoms with Gasteiger partial charge in [-0.2, -0.15) is 0 Å². The topological polar surface area (TPSA) is 43.4 Å². The van der Waals surface area contributed by atoms with Crippen molar-refractivity contribution >= 4 is 11.8 Å². The summed E-state index contributed by atoms with van der Waals surface area (Å²) >= 11 is 0. The molecule has 0 atom stereocenters. The molecule has 3 heteroatoms. The van der Waals surface area contributed by atoms with Crippen molar-refractivity contribution in [3.8, 4) is 0 Å². The molecule has 0 saturated carbocycles. The maximum absolute atomic E-state index is 11.7. The second kappa shape index (κ2) is 7.43. The van der Waals surface area contributed by atoms with Gasteiger partial charge in [-0.25, -0.2) is 4.79 Å². The summed E-state index contributed by atoms with van der Waals surface area (Å²) in [5.41, 5.74) is 1.19. The summed E-state index contributed by atoms with van der Waals surface area (Å²) in [5, 5.41) is 0. The molecule has 0 aliphatic carbocycles. The molecule has 0 aliphatic rings. The minimum Gasteiger partial charge on any atom is -0.462 e. The van der Waals surface area contributed by atoms with Gasteiger partial charge in [-0.1, -0.05) is 43.3 Å². The number of ether oxygens (including phenoxy) is 1. The van der Waals surface area contributed by atoms with Crippen molar-refractivity contribution in [1.82, 2.24) is 0 Å². The molecule has 96 valence electrons. The lowest BCUT2D eigenvalue weighted by molar-refractivity contribution is -0.140. The molecule has 0 radical (unpaired) electrons. The van der Waals surface area contributed by atoms with Crippen LogP contribution in [-0.4, -0.2) is 18.4 Å². The highest BCUT2D eigenvalue weighted by atomic mass is 16.5. The van der Waals surface area contributed by atoms with E-state index in [0.29, 0.717) is 13.0 Å². The standard InChI is InChI=1S/C15H18O3/c1-3-11-18-15(17)14(12(2)16)10-9-13-7-5-4-6-8-13/h4-8,10H,3,9,11H2,1-2H3. The van der Waals surface area contributed by atoms with E-state index in [1.165, 1.54) is 6.92 Å². The number of rotatable bonds is 6. The fourth-order valence-corrected chi connectivity index (χ4v) is 1.48. The van der Waals surface area contributed by atoms with Crippen molar-refractivity contribution in [3.05, 3.63) is 47.5 Å². The largest absolute Gasteiger partial charge is 0.462 e. The summed E-state index contributed by atoms with van der Waals surface area (Å²) in [7, 11) is 0. The quantitative estimate of drug-likeness (QED) is 0.335. The molecule has 1 aromatic rings. The SMILES string of the molecule is CCCOC(=O)C(=CCc1ccccc1)C(C)=O. The highest BCUT2D eigenvalue weighted by molar-refractivity contribution is 6.16. The number of hydrogen-bond donors (Lipinski definition) is 0. The lowest BCUT2D eigenvalue weighted by Gasteiger charge is -2.04. The first kappa shape index (κ1) is 14.2. The Labute approximate surface area is 107 Å². The Morgan fingerprint density at radius 1 is 1.22 bits per heavy atom. The highest BCUT2D eigenvalue weighted by Gasteiger charge is 2.15. The molecular formula is C15H18O3. The zero-order valence-corrected chi connectivity index (χ0v) is 10.8.